The minimum atomic E-state index is -1.80. The molecule has 0 saturated carbocycles. The standard InChI is InChI=1S/C21H20O12/c22-6-13-15(26)17(28)19(30)21(33-13)32-12-5-8(23)4-11-14(12)16(27)18(29)20(31-11)7-1-2-9(24)10(25)3-7/h1-5,13,15,17,19-26,28,30H,6H2/t13-,15-,17+,19-,20?,21-/m1/s1. The van der Waals surface area contributed by atoms with Crippen molar-refractivity contribution in [1.29, 1.82) is 0 Å². The molecule has 0 amide bonds. The number of Topliss-reactive ketones (excluding diaryl/α,β-unsaturated/α-hetero) is 2. The number of rotatable bonds is 4. The zero-order valence-electron chi connectivity index (χ0n) is 16.7. The van der Waals surface area contributed by atoms with Crippen LogP contribution in [0.1, 0.15) is 22.0 Å². The molecule has 0 radical (unpaired) electrons. The number of aromatic hydroxyl groups is 3. The van der Waals surface area contributed by atoms with Crippen molar-refractivity contribution in [3.63, 3.8) is 0 Å². The highest BCUT2D eigenvalue weighted by Gasteiger charge is 2.46. The lowest BCUT2D eigenvalue weighted by atomic mass is 9.94. The summed E-state index contributed by atoms with van der Waals surface area (Å²) in [6, 6.07) is 5.43. The van der Waals surface area contributed by atoms with Crippen molar-refractivity contribution in [3.8, 4) is 28.7 Å². The Labute approximate surface area is 185 Å². The third kappa shape index (κ3) is 3.94. The molecule has 2 heterocycles. The summed E-state index contributed by atoms with van der Waals surface area (Å²) in [5, 5.41) is 68.6. The van der Waals surface area contributed by atoms with Gasteiger partial charge in [0, 0.05) is 17.7 Å². The smallest absolute Gasteiger partial charge is 0.248 e. The second-order valence-electron chi connectivity index (χ2n) is 7.57. The highest BCUT2D eigenvalue weighted by atomic mass is 16.7. The summed E-state index contributed by atoms with van der Waals surface area (Å²) in [6.45, 7) is -0.718. The van der Waals surface area contributed by atoms with Crippen molar-refractivity contribution in [2.24, 2.45) is 0 Å². The summed E-state index contributed by atoms with van der Waals surface area (Å²) in [7, 11) is 0. The average Bonchev–Trinajstić information content (AvgIpc) is 2.78. The molecule has 0 aliphatic carbocycles. The molecule has 0 aromatic heterocycles. The molecular formula is C21H20O12. The van der Waals surface area contributed by atoms with Crippen LogP contribution in [0.5, 0.6) is 28.7 Å². The van der Waals surface area contributed by atoms with E-state index >= 15 is 0 Å². The quantitative estimate of drug-likeness (QED) is 0.212. The zero-order valence-corrected chi connectivity index (χ0v) is 16.7. The number of benzene rings is 2. The molecule has 2 aromatic carbocycles. The predicted octanol–water partition coefficient (Wildman–Crippen LogP) is -1.13. The Morgan fingerprint density at radius 1 is 0.909 bits per heavy atom. The summed E-state index contributed by atoms with van der Waals surface area (Å²) in [5.41, 5.74) is -0.331. The number of phenols is 3. The number of fused-ring (bicyclic) bond motifs is 1. The molecule has 7 N–H and O–H groups in total. The Morgan fingerprint density at radius 3 is 2.30 bits per heavy atom. The van der Waals surface area contributed by atoms with E-state index in [4.69, 9.17) is 14.2 Å². The lowest BCUT2D eigenvalue weighted by molar-refractivity contribution is -0.277. The number of hydrogen-bond acceptors (Lipinski definition) is 12. The molecule has 4 rings (SSSR count). The van der Waals surface area contributed by atoms with Crippen LogP contribution in [0, 0.1) is 0 Å². The van der Waals surface area contributed by atoms with Gasteiger partial charge in [0.1, 0.15) is 47.2 Å². The van der Waals surface area contributed by atoms with Gasteiger partial charge in [0.05, 0.1) is 6.61 Å². The highest BCUT2D eigenvalue weighted by Crippen LogP contribution is 2.42. The SMILES string of the molecule is O=C1C(=O)C(c2ccc(O)c(O)c2)Oc2cc(O)cc(O[C@@H]3O[C@H](CO)[C@@H](O)[C@H](O)[C@H]3O)c21. The van der Waals surface area contributed by atoms with Crippen LogP contribution >= 0.6 is 0 Å². The lowest BCUT2D eigenvalue weighted by Gasteiger charge is -2.39. The van der Waals surface area contributed by atoms with Gasteiger partial charge in [0.2, 0.25) is 17.9 Å². The minimum Gasteiger partial charge on any atom is -0.508 e. The summed E-state index contributed by atoms with van der Waals surface area (Å²) in [6.07, 6.45) is -9.66. The van der Waals surface area contributed by atoms with Crippen molar-refractivity contribution in [2.75, 3.05) is 6.61 Å². The number of carbonyl (C=O) groups excluding carboxylic acids is 2. The first-order chi connectivity index (χ1) is 15.6. The first-order valence-electron chi connectivity index (χ1n) is 9.73. The molecule has 1 saturated heterocycles. The third-order valence-corrected chi connectivity index (χ3v) is 5.38. The van der Waals surface area contributed by atoms with E-state index in [-0.39, 0.29) is 11.3 Å². The van der Waals surface area contributed by atoms with Gasteiger partial charge in [-0.2, -0.15) is 0 Å². The molecular weight excluding hydrogens is 444 g/mol. The number of aliphatic hydroxyl groups is 4. The summed E-state index contributed by atoms with van der Waals surface area (Å²) >= 11 is 0. The molecule has 33 heavy (non-hydrogen) atoms. The van der Waals surface area contributed by atoms with Gasteiger partial charge in [-0.15, -0.1) is 0 Å². The molecule has 176 valence electrons. The molecule has 0 bridgehead atoms. The largest absolute Gasteiger partial charge is 0.508 e. The fourth-order valence-electron chi connectivity index (χ4n) is 3.62. The number of phenolic OH excluding ortho intramolecular Hbond substituents is 3. The van der Waals surface area contributed by atoms with Gasteiger partial charge in [-0.05, 0) is 12.1 Å². The van der Waals surface area contributed by atoms with Crippen molar-refractivity contribution < 1.29 is 59.5 Å². The Kier molecular flexibility index (Phi) is 5.86. The van der Waals surface area contributed by atoms with E-state index in [1.807, 2.05) is 0 Å². The fourth-order valence-corrected chi connectivity index (χ4v) is 3.62. The Hall–Kier alpha value is -3.42. The fraction of sp³-hybridized carbons (Fsp3) is 0.333. The van der Waals surface area contributed by atoms with Crippen LogP contribution in [0.25, 0.3) is 0 Å². The van der Waals surface area contributed by atoms with Gasteiger partial charge in [0.25, 0.3) is 0 Å². The van der Waals surface area contributed by atoms with Gasteiger partial charge in [0.15, 0.2) is 17.6 Å². The van der Waals surface area contributed by atoms with Gasteiger partial charge < -0.3 is 50.0 Å². The normalized spacial score (nSPS) is 29.3. The molecule has 1 unspecified atom stereocenters. The maximum Gasteiger partial charge on any atom is 0.248 e. The van der Waals surface area contributed by atoms with Crippen LogP contribution in [0.15, 0.2) is 30.3 Å². The minimum absolute atomic E-state index is 0.0639. The first kappa shape index (κ1) is 22.8. The van der Waals surface area contributed by atoms with Crippen molar-refractivity contribution in [1.82, 2.24) is 0 Å². The second kappa shape index (κ2) is 8.50. The van der Waals surface area contributed by atoms with Crippen LogP contribution in [0.2, 0.25) is 0 Å². The molecule has 2 aliphatic rings. The predicted molar refractivity (Wildman–Crippen MR) is 105 cm³/mol. The number of aliphatic hydroxyl groups excluding tert-OH is 4. The topological polar surface area (TPSA) is 203 Å². The van der Waals surface area contributed by atoms with E-state index < -0.39 is 83.5 Å². The number of ketones is 2. The van der Waals surface area contributed by atoms with E-state index in [9.17, 15) is 45.3 Å². The summed E-state index contributed by atoms with van der Waals surface area (Å²) in [5.74, 6) is -4.21. The molecule has 2 aromatic rings. The van der Waals surface area contributed by atoms with E-state index in [2.05, 4.69) is 0 Å². The molecule has 12 nitrogen and oxygen atoms in total. The first-order valence-corrected chi connectivity index (χ1v) is 9.73. The van der Waals surface area contributed by atoms with Crippen molar-refractivity contribution >= 4 is 11.6 Å². The van der Waals surface area contributed by atoms with Crippen LogP contribution in [0.4, 0.5) is 0 Å². The van der Waals surface area contributed by atoms with Crippen molar-refractivity contribution in [3.05, 3.63) is 41.5 Å². The second-order valence-corrected chi connectivity index (χ2v) is 7.57. The third-order valence-electron chi connectivity index (χ3n) is 5.38. The zero-order chi connectivity index (χ0) is 24.0. The van der Waals surface area contributed by atoms with Crippen LogP contribution in [-0.4, -0.2) is 84.6 Å². The molecule has 2 aliphatic heterocycles. The maximum atomic E-state index is 12.9. The van der Waals surface area contributed by atoms with Gasteiger partial charge >= 0.3 is 0 Å². The summed E-state index contributed by atoms with van der Waals surface area (Å²) < 4.78 is 16.3. The van der Waals surface area contributed by atoms with E-state index in [1.54, 1.807) is 0 Å². The average molecular weight is 464 g/mol. The summed E-state index contributed by atoms with van der Waals surface area (Å²) in [4.78, 5) is 25.7. The number of hydrogen-bond donors (Lipinski definition) is 7. The lowest BCUT2D eigenvalue weighted by Crippen LogP contribution is -2.60. The maximum absolute atomic E-state index is 12.9. The van der Waals surface area contributed by atoms with Gasteiger partial charge in [-0.25, -0.2) is 0 Å². The van der Waals surface area contributed by atoms with E-state index in [1.165, 1.54) is 6.07 Å². The van der Waals surface area contributed by atoms with Crippen LogP contribution < -0.4 is 9.47 Å². The molecule has 1 fully saturated rings. The van der Waals surface area contributed by atoms with Gasteiger partial charge in [-0.3, -0.25) is 9.59 Å². The monoisotopic (exact) mass is 464 g/mol. The molecule has 0 spiro atoms. The van der Waals surface area contributed by atoms with E-state index in [0.29, 0.717) is 0 Å². The highest BCUT2D eigenvalue weighted by molar-refractivity contribution is 6.47. The Bertz CT molecular complexity index is 1100. The molecule has 6 atom stereocenters. The van der Waals surface area contributed by atoms with Gasteiger partial charge in [-0.1, -0.05) is 6.07 Å². The Balaban J connectivity index is 1.69. The molecule has 12 heteroatoms. The Morgan fingerprint density at radius 2 is 1.64 bits per heavy atom. The number of ether oxygens (including phenoxy) is 3. The van der Waals surface area contributed by atoms with E-state index in [0.717, 1.165) is 24.3 Å². The number of carbonyl (C=O) groups is 2. The van der Waals surface area contributed by atoms with Crippen molar-refractivity contribution in [2.45, 2.75) is 36.8 Å². The van der Waals surface area contributed by atoms with Crippen LogP contribution in [-0.2, 0) is 9.53 Å². The van der Waals surface area contributed by atoms with Crippen LogP contribution in [0.3, 0.4) is 0 Å².